The largest absolute Gasteiger partial charge is 0.444 e. The van der Waals surface area contributed by atoms with Crippen LogP contribution in [-0.2, 0) is 4.74 Å². The number of aliphatic hydroxyl groups excluding tert-OH is 1. The highest BCUT2D eigenvalue weighted by Gasteiger charge is 2.26. The van der Waals surface area contributed by atoms with E-state index >= 15 is 0 Å². The van der Waals surface area contributed by atoms with Gasteiger partial charge in [-0.25, -0.2) is 4.79 Å². The summed E-state index contributed by atoms with van der Waals surface area (Å²) >= 11 is 0. The standard InChI is InChI=1S/C12H24N2O3/c1-12(2,3)17-11(16)14-7-6-13-10(9-14)5-4-8-15/h10,13,15H,4-9H2,1-3H3/t10-/m0/s1. The number of aliphatic hydroxyl groups is 1. The van der Waals surface area contributed by atoms with Gasteiger partial charge in [0.25, 0.3) is 0 Å². The fourth-order valence-corrected chi connectivity index (χ4v) is 1.85. The molecule has 100 valence electrons. The third-order valence-corrected chi connectivity index (χ3v) is 2.62. The van der Waals surface area contributed by atoms with Crippen LogP contribution >= 0.6 is 0 Å². The van der Waals surface area contributed by atoms with Gasteiger partial charge in [0.1, 0.15) is 5.60 Å². The molecule has 5 nitrogen and oxygen atoms in total. The van der Waals surface area contributed by atoms with Crippen molar-refractivity contribution in [1.29, 1.82) is 0 Å². The number of ether oxygens (including phenoxy) is 1. The van der Waals surface area contributed by atoms with E-state index in [0.717, 1.165) is 19.4 Å². The van der Waals surface area contributed by atoms with E-state index in [9.17, 15) is 4.79 Å². The summed E-state index contributed by atoms with van der Waals surface area (Å²) in [4.78, 5) is 13.6. The van der Waals surface area contributed by atoms with E-state index in [1.165, 1.54) is 0 Å². The summed E-state index contributed by atoms with van der Waals surface area (Å²) in [5.74, 6) is 0. The van der Waals surface area contributed by atoms with Crippen LogP contribution in [0.25, 0.3) is 0 Å². The van der Waals surface area contributed by atoms with Gasteiger partial charge in [-0.15, -0.1) is 0 Å². The summed E-state index contributed by atoms with van der Waals surface area (Å²) < 4.78 is 5.34. The summed E-state index contributed by atoms with van der Waals surface area (Å²) in [5, 5.41) is 12.1. The summed E-state index contributed by atoms with van der Waals surface area (Å²) in [6.07, 6.45) is 1.41. The Morgan fingerprint density at radius 2 is 2.24 bits per heavy atom. The lowest BCUT2D eigenvalue weighted by atomic mass is 10.1. The first-order chi connectivity index (χ1) is 7.92. The molecule has 1 amide bonds. The van der Waals surface area contributed by atoms with Gasteiger partial charge in [-0.1, -0.05) is 0 Å². The average Bonchev–Trinajstić information content (AvgIpc) is 2.24. The lowest BCUT2D eigenvalue weighted by molar-refractivity contribution is 0.0191. The average molecular weight is 244 g/mol. The van der Waals surface area contributed by atoms with Crippen LogP contribution in [-0.4, -0.2) is 54.0 Å². The molecular formula is C12H24N2O3. The van der Waals surface area contributed by atoms with Crippen LogP contribution < -0.4 is 5.32 Å². The van der Waals surface area contributed by atoms with Gasteiger partial charge in [0.15, 0.2) is 0 Å². The molecule has 0 saturated carbocycles. The molecule has 17 heavy (non-hydrogen) atoms. The van der Waals surface area contributed by atoms with Crippen LogP contribution in [0.15, 0.2) is 0 Å². The van der Waals surface area contributed by atoms with Crippen LogP contribution in [0.3, 0.4) is 0 Å². The molecule has 1 aliphatic heterocycles. The van der Waals surface area contributed by atoms with E-state index in [2.05, 4.69) is 5.32 Å². The molecule has 0 aromatic carbocycles. The second-order valence-electron chi connectivity index (χ2n) is 5.44. The number of hydrogen-bond acceptors (Lipinski definition) is 4. The fourth-order valence-electron chi connectivity index (χ4n) is 1.85. The predicted molar refractivity (Wildman–Crippen MR) is 65.9 cm³/mol. The molecular weight excluding hydrogens is 220 g/mol. The molecule has 1 fully saturated rings. The van der Waals surface area contributed by atoms with Gasteiger partial charge in [0.2, 0.25) is 0 Å². The minimum atomic E-state index is -0.442. The summed E-state index contributed by atoms with van der Waals surface area (Å²) in [6.45, 7) is 7.95. The first-order valence-electron chi connectivity index (χ1n) is 6.24. The maximum Gasteiger partial charge on any atom is 0.410 e. The van der Waals surface area contributed by atoms with Crippen LogP contribution in [0.1, 0.15) is 33.6 Å². The zero-order valence-electron chi connectivity index (χ0n) is 11.0. The van der Waals surface area contributed by atoms with Gasteiger partial charge in [-0.3, -0.25) is 0 Å². The molecule has 1 saturated heterocycles. The summed E-state index contributed by atoms with van der Waals surface area (Å²) in [7, 11) is 0. The van der Waals surface area contributed by atoms with E-state index in [-0.39, 0.29) is 18.7 Å². The monoisotopic (exact) mass is 244 g/mol. The number of carbonyl (C=O) groups excluding carboxylic acids is 1. The smallest absolute Gasteiger partial charge is 0.410 e. The van der Waals surface area contributed by atoms with Crippen molar-refractivity contribution in [3.8, 4) is 0 Å². The number of piperazine rings is 1. The quantitative estimate of drug-likeness (QED) is 0.776. The summed E-state index contributed by atoms with van der Waals surface area (Å²) in [6, 6.07) is 0.267. The van der Waals surface area contributed by atoms with Crippen LogP contribution in [0.5, 0.6) is 0 Å². The van der Waals surface area contributed by atoms with E-state index in [1.807, 2.05) is 20.8 Å². The third-order valence-electron chi connectivity index (χ3n) is 2.62. The molecule has 0 spiro atoms. The first-order valence-corrected chi connectivity index (χ1v) is 6.24. The number of rotatable bonds is 3. The maximum absolute atomic E-state index is 11.9. The molecule has 1 atom stereocenters. The SMILES string of the molecule is CC(C)(C)OC(=O)N1CCN[C@@H](CCCO)C1. The number of carbonyl (C=O) groups is 1. The highest BCUT2D eigenvalue weighted by molar-refractivity contribution is 5.68. The Kier molecular flexibility index (Phi) is 5.21. The van der Waals surface area contributed by atoms with Crippen molar-refractivity contribution in [1.82, 2.24) is 10.2 Å². The van der Waals surface area contributed by atoms with Gasteiger partial charge >= 0.3 is 6.09 Å². The Labute approximate surface area is 103 Å². The molecule has 5 heteroatoms. The van der Waals surface area contributed by atoms with E-state index < -0.39 is 5.60 Å². The van der Waals surface area contributed by atoms with Crippen molar-refractivity contribution in [2.75, 3.05) is 26.2 Å². The molecule has 1 rings (SSSR count). The predicted octanol–water partition coefficient (Wildman–Crippen LogP) is 0.968. The number of amides is 1. The van der Waals surface area contributed by atoms with Crippen molar-refractivity contribution in [2.45, 2.75) is 45.3 Å². The molecule has 0 unspecified atom stereocenters. The Hall–Kier alpha value is -0.810. The minimum absolute atomic E-state index is 0.199. The Bertz CT molecular complexity index is 251. The van der Waals surface area contributed by atoms with Crippen molar-refractivity contribution < 1.29 is 14.6 Å². The fraction of sp³-hybridized carbons (Fsp3) is 0.917. The molecule has 0 radical (unpaired) electrons. The topological polar surface area (TPSA) is 61.8 Å². The minimum Gasteiger partial charge on any atom is -0.444 e. The second kappa shape index (κ2) is 6.21. The van der Waals surface area contributed by atoms with Crippen LogP contribution in [0.2, 0.25) is 0 Å². The Morgan fingerprint density at radius 3 is 2.82 bits per heavy atom. The Balaban J connectivity index is 2.40. The first kappa shape index (κ1) is 14.3. The molecule has 2 N–H and O–H groups in total. The number of hydrogen-bond donors (Lipinski definition) is 2. The molecule has 0 aromatic heterocycles. The van der Waals surface area contributed by atoms with Crippen molar-refractivity contribution in [3.05, 3.63) is 0 Å². The third kappa shape index (κ3) is 5.37. The van der Waals surface area contributed by atoms with Gasteiger partial charge in [-0.05, 0) is 33.6 Å². The highest BCUT2D eigenvalue weighted by atomic mass is 16.6. The summed E-state index contributed by atoms with van der Waals surface area (Å²) in [5.41, 5.74) is -0.442. The van der Waals surface area contributed by atoms with Gasteiger partial charge < -0.3 is 20.1 Å². The second-order valence-corrected chi connectivity index (χ2v) is 5.44. The zero-order valence-corrected chi connectivity index (χ0v) is 11.0. The molecule has 1 aliphatic rings. The van der Waals surface area contributed by atoms with Crippen molar-refractivity contribution in [2.24, 2.45) is 0 Å². The lowest BCUT2D eigenvalue weighted by Crippen LogP contribution is -2.53. The number of nitrogens with zero attached hydrogens (tertiary/aromatic N) is 1. The van der Waals surface area contributed by atoms with E-state index in [0.29, 0.717) is 13.1 Å². The van der Waals surface area contributed by atoms with Crippen molar-refractivity contribution in [3.63, 3.8) is 0 Å². The number of nitrogens with one attached hydrogen (secondary N) is 1. The molecule has 0 bridgehead atoms. The zero-order chi connectivity index (χ0) is 12.9. The van der Waals surface area contributed by atoms with Crippen LogP contribution in [0, 0.1) is 0 Å². The van der Waals surface area contributed by atoms with E-state index in [4.69, 9.17) is 9.84 Å². The van der Waals surface area contributed by atoms with Gasteiger partial charge in [-0.2, -0.15) is 0 Å². The van der Waals surface area contributed by atoms with Gasteiger partial charge in [0.05, 0.1) is 0 Å². The van der Waals surface area contributed by atoms with E-state index in [1.54, 1.807) is 4.90 Å². The van der Waals surface area contributed by atoms with Crippen molar-refractivity contribution >= 4 is 6.09 Å². The molecule has 0 aliphatic carbocycles. The van der Waals surface area contributed by atoms with Crippen LogP contribution in [0.4, 0.5) is 4.79 Å². The molecule has 1 heterocycles. The Morgan fingerprint density at radius 1 is 1.53 bits per heavy atom. The lowest BCUT2D eigenvalue weighted by Gasteiger charge is -2.34. The highest BCUT2D eigenvalue weighted by Crippen LogP contribution is 2.12. The normalized spacial score (nSPS) is 21.4. The van der Waals surface area contributed by atoms with Gasteiger partial charge in [0, 0.05) is 32.3 Å². The maximum atomic E-state index is 11.9. The molecule has 0 aromatic rings.